The molecule has 150 valence electrons. The maximum absolute atomic E-state index is 13.4. The Labute approximate surface area is 166 Å². The number of nitrogens with one attached hydrogen (secondary N) is 1. The van der Waals surface area contributed by atoms with Crippen molar-refractivity contribution in [2.24, 2.45) is 7.05 Å². The van der Waals surface area contributed by atoms with Crippen molar-refractivity contribution in [2.45, 2.75) is 12.7 Å². The molecule has 0 aliphatic carbocycles. The number of ether oxygens (including phenoxy) is 1. The minimum Gasteiger partial charge on any atom is -0.457 e. The molecule has 0 spiro atoms. The number of hydrogen-bond acceptors (Lipinski definition) is 5. The molecule has 0 bridgehead atoms. The molecule has 2 heterocycles. The average Bonchev–Trinajstić information content (AvgIpc) is 2.95. The lowest BCUT2D eigenvalue weighted by Gasteiger charge is -2.14. The van der Waals surface area contributed by atoms with Crippen LogP contribution in [0.3, 0.4) is 0 Å². The molecule has 0 aliphatic heterocycles. The molecule has 0 saturated heterocycles. The molecule has 0 saturated carbocycles. The zero-order valence-corrected chi connectivity index (χ0v) is 15.4. The Morgan fingerprint density at radius 1 is 1.41 bits per heavy atom. The minimum atomic E-state index is -4.83. The van der Waals surface area contributed by atoms with Gasteiger partial charge in [-0.15, -0.1) is 0 Å². The number of rotatable bonds is 4. The highest BCUT2D eigenvalue weighted by atomic mass is 35.5. The standard InChI is InChI=1S/C17H11ClF3N5O3/c1-25-13(23-24-16(25)28)8-26-3-2-12(17(19,20)21)14(15(26)27)29-11-5-9(7-22)4-10(18)6-11/h2-6H,8H2,1H3,(H,24,28)/p+1. The van der Waals surface area contributed by atoms with E-state index in [4.69, 9.17) is 21.6 Å². The lowest BCUT2D eigenvalue weighted by atomic mass is 10.2. The smallest absolute Gasteiger partial charge is 0.420 e. The van der Waals surface area contributed by atoms with E-state index in [1.54, 1.807) is 0 Å². The van der Waals surface area contributed by atoms with Gasteiger partial charge >= 0.3 is 17.7 Å². The molecule has 29 heavy (non-hydrogen) atoms. The van der Waals surface area contributed by atoms with Gasteiger partial charge in [0, 0.05) is 18.1 Å². The number of H-pyrrole nitrogens is 1. The topological polar surface area (TPSA) is 108 Å². The van der Waals surface area contributed by atoms with Crippen LogP contribution in [0.2, 0.25) is 5.02 Å². The van der Waals surface area contributed by atoms with Crippen molar-refractivity contribution in [1.29, 1.82) is 5.26 Å². The van der Waals surface area contributed by atoms with Crippen molar-refractivity contribution in [1.82, 2.24) is 14.8 Å². The number of benzene rings is 1. The number of aromatic amines is 1. The molecule has 2 aromatic heterocycles. The van der Waals surface area contributed by atoms with Gasteiger partial charge < -0.3 is 9.84 Å². The first kappa shape index (κ1) is 20.2. The van der Waals surface area contributed by atoms with E-state index in [1.165, 1.54) is 25.2 Å². The molecule has 8 nitrogen and oxygen atoms in total. The van der Waals surface area contributed by atoms with Crippen LogP contribution < -0.4 is 15.0 Å². The molecule has 0 unspecified atom stereocenters. The Hall–Kier alpha value is -3.52. The predicted molar refractivity (Wildman–Crippen MR) is 92.5 cm³/mol. The second-order valence-corrected chi connectivity index (χ2v) is 6.34. The molecule has 3 rings (SSSR count). The number of hydrogen-bond donors (Lipinski definition) is 2. The SMILES string of the molecule is Cn1c(C[n+]2ccc(C(F)(F)F)c(Oc3cc(Cl)cc(C#N)c3)c2O)n[nH]c1=O. The number of nitriles is 1. The Morgan fingerprint density at radius 3 is 2.72 bits per heavy atom. The van der Waals surface area contributed by atoms with Crippen LogP contribution in [0.15, 0.2) is 35.3 Å². The van der Waals surface area contributed by atoms with Gasteiger partial charge in [-0.1, -0.05) is 11.6 Å². The van der Waals surface area contributed by atoms with Gasteiger partial charge in [0.05, 0.1) is 11.6 Å². The molecular formula is C17H12ClF3N5O3+. The van der Waals surface area contributed by atoms with E-state index in [0.29, 0.717) is 0 Å². The third kappa shape index (κ3) is 4.17. The quantitative estimate of drug-likeness (QED) is 0.623. The Balaban J connectivity index is 2.10. The lowest BCUT2D eigenvalue weighted by Crippen LogP contribution is -2.36. The first-order chi connectivity index (χ1) is 13.6. The highest BCUT2D eigenvalue weighted by molar-refractivity contribution is 6.30. The van der Waals surface area contributed by atoms with Gasteiger partial charge in [0.2, 0.25) is 6.54 Å². The normalized spacial score (nSPS) is 11.3. The summed E-state index contributed by atoms with van der Waals surface area (Å²) in [4.78, 5) is 11.5. The average molecular weight is 427 g/mol. The maximum atomic E-state index is 13.4. The molecule has 0 aliphatic rings. The Kier molecular flexibility index (Phi) is 5.21. The molecule has 12 heteroatoms. The van der Waals surface area contributed by atoms with Gasteiger partial charge in [-0.2, -0.15) is 28.1 Å². The van der Waals surface area contributed by atoms with E-state index < -0.39 is 29.1 Å². The summed E-state index contributed by atoms with van der Waals surface area (Å²) in [6.07, 6.45) is -3.84. The predicted octanol–water partition coefficient (Wildman–Crippen LogP) is 2.49. The highest BCUT2D eigenvalue weighted by Gasteiger charge is 2.39. The molecule has 0 radical (unpaired) electrons. The van der Waals surface area contributed by atoms with Crippen LogP contribution in [0.5, 0.6) is 17.4 Å². The van der Waals surface area contributed by atoms with Crippen molar-refractivity contribution >= 4 is 11.6 Å². The molecule has 3 aromatic rings. The molecule has 0 atom stereocenters. The summed E-state index contributed by atoms with van der Waals surface area (Å²) < 4.78 is 47.8. The van der Waals surface area contributed by atoms with Crippen molar-refractivity contribution in [3.05, 3.63) is 62.9 Å². The fraction of sp³-hybridized carbons (Fsp3) is 0.176. The number of alkyl halides is 3. The third-order valence-corrected chi connectivity index (χ3v) is 4.17. The number of aromatic nitrogens is 4. The minimum absolute atomic E-state index is 0.0656. The molecule has 0 fully saturated rings. The first-order valence-corrected chi connectivity index (χ1v) is 8.29. The van der Waals surface area contributed by atoms with Crippen LogP contribution in [-0.2, 0) is 19.8 Å². The number of pyridine rings is 1. The molecule has 2 N–H and O–H groups in total. The summed E-state index contributed by atoms with van der Waals surface area (Å²) >= 11 is 5.86. The monoisotopic (exact) mass is 426 g/mol. The van der Waals surface area contributed by atoms with Crippen LogP contribution in [0, 0.1) is 11.3 Å². The van der Waals surface area contributed by atoms with Crippen LogP contribution in [0.25, 0.3) is 0 Å². The summed E-state index contributed by atoms with van der Waals surface area (Å²) in [5, 5.41) is 25.5. The maximum Gasteiger partial charge on any atom is 0.420 e. The summed E-state index contributed by atoms with van der Waals surface area (Å²) in [6.45, 7) is -0.214. The molecular weight excluding hydrogens is 415 g/mol. The molecule has 1 aromatic carbocycles. The van der Waals surface area contributed by atoms with E-state index >= 15 is 0 Å². The summed E-state index contributed by atoms with van der Waals surface area (Å²) in [6, 6.07) is 6.22. The largest absolute Gasteiger partial charge is 0.457 e. The van der Waals surface area contributed by atoms with Gasteiger partial charge in [0.1, 0.15) is 11.3 Å². The zero-order chi connectivity index (χ0) is 21.3. The van der Waals surface area contributed by atoms with Crippen molar-refractivity contribution < 1.29 is 27.6 Å². The zero-order valence-electron chi connectivity index (χ0n) is 14.7. The van der Waals surface area contributed by atoms with Crippen molar-refractivity contribution in [2.75, 3.05) is 0 Å². The summed E-state index contributed by atoms with van der Waals surface area (Å²) in [5.41, 5.74) is -1.69. The van der Waals surface area contributed by atoms with E-state index in [1.807, 2.05) is 6.07 Å². The number of halogens is 4. The third-order valence-electron chi connectivity index (χ3n) is 3.95. The second kappa shape index (κ2) is 7.48. The Bertz CT molecular complexity index is 1180. The van der Waals surface area contributed by atoms with Crippen LogP contribution >= 0.6 is 11.6 Å². The number of aromatic hydroxyl groups is 1. The lowest BCUT2D eigenvalue weighted by molar-refractivity contribution is -0.695. The summed E-state index contributed by atoms with van der Waals surface area (Å²) in [7, 11) is 1.41. The van der Waals surface area contributed by atoms with Crippen molar-refractivity contribution in [3.63, 3.8) is 0 Å². The first-order valence-electron chi connectivity index (χ1n) is 7.91. The fourth-order valence-electron chi connectivity index (χ4n) is 2.49. The van der Waals surface area contributed by atoms with E-state index in [2.05, 4.69) is 10.2 Å². The van der Waals surface area contributed by atoms with E-state index in [0.717, 1.165) is 21.4 Å². The summed E-state index contributed by atoms with van der Waals surface area (Å²) in [5.74, 6) is -1.74. The van der Waals surface area contributed by atoms with E-state index in [-0.39, 0.29) is 28.7 Å². The van der Waals surface area contributed by atoms with E-state index in [9.17, 15) is 23.1 Å². The number of nitrogens with zero attached hydrogens (tertiary/aromatic N) is 4. The van der Waals surface area contributed by atoms with Crippen LogP contribution in [-0.4, -0.2) is 19.9 Å². The van der Waals surface area contributed by atoms with Gasteiger partial charge in [-0.05, 0) is 18.2 Å². The van der Waals surface area contributed by atoms with Gasteiger partial charge in [0.15, 0.2) is 12.0 Å². The van der Waals surface area contributed by atoms with Gasteiger partial charge in [-0.25, -0.2) is 9.89 Å². The second-order valence-electron chi connectivity index (χ2n) is 5.90. The fourth-order valence-corrected chi connectivity index (χ4v) is 2.72. The van der Waals surface area contributed by atoms with Crippen molar-refractivity contribution in [3.8, 4) is 23.4 Å². The highest BCUT2D eigenvalue weighted by Crippen LogP contribution is 2.42. The van der Waals surface area contributed by atoms with Gasteiger partial charge in [0.25, 0.3) is 5.75 Å². The van der Waals surface area contributed by atoms with Crippen LogP contribution in [0.1, 0.15) is 17.0 Å². The molecule has 0 amide bonds. The van der Waals surface area contributed by atoms with Gasteiger partial charge in [-0.3, -0.25) is 4.57 Å². The Morgan fingerprint density at radius 2 is 2.14 bits per heavy atom. The van der Waals surface area contributed by atoms with Crippen LogP contribution in [0.4, 0.5) is 13.2 Å².